The summed E-state index contributed by atoms with van der Waals surface area (Å²) in [6.45, 7) is 2.10. The maximum atomic E-state index is 5.57. The summed E-state index contributed by atoms with van der Waals surface area (Å²) in [6, 6.07) is 4.76. The molecule has 1 fully saturated rings. The second-order valence-corrected chi connectivity index (χ2v) is 4.01. The van der Waals surface area contributed by atoms with Gasteiger partial charge in [0.1, 0.15) is 0 Å². The van der Waals surface area contributed by atoms with E-state index in [1.54, 1.807) is 6.20 Å². The van der Waals surface area contributed by atoms with Crippen molar-refractivity contribution in [3.8, 4) is 0 Å². The molecule has 5 nitrogen and oxygen atoms in total. The van der Waals surface area contributed by atoms with E-state index >= 15 is 0 Å². The molecule has 100 valence electrons. The van der Waals surface area contributed by atoms with E-state index in [-0.39, 0.29) is 34.0 Å². The van der Waals surface area contributed by atoms with Gasteiger partial charge in [0.15, 0.2) is 5.58 Å². The fraction of sp³-hybridized carbons (Fsp3) is 0.455. The van der Waals surface area contributed by atoms with Crippen molar-refractivity contribution in [1.29, 1.82) is 0 Å². The minimum absolute atomic E-state index is 0. The monoisotopic (exact) mass is 378 g/mol. The minimum atomic E-state index is 0. The van der Waals surface area contributed by atoms with Crippen LogP contribution in [0.15, 0.2) is 22.7 Å². The molecule has 0 bridgehead atoms. The molecule has 2 aromatic heterocycles. The lowest BCUT2D eigenvalue weighted by molar-refractivity contribution is 0.466. The van der Waals surface area contributed by atoms with E-state index in [1.165, 1.54) is 0 Å². The molecular formula is C11H16Br2N4O. The molecule has 1 saturated heterocycles. The molecule has 7 heteroatoms. The number of hydrogen-bond donors (Lipinski definition) is 2. The Hall–Kier alpha value is -0.660. The zero-order valence-corrected chi connectivity index (χ0v) is 13.2. The normalized spacial score (nSPS) is 15.8. The van der Waals surface area contributed by atoms with Gasteiger partial charge < -0.3 is 15.1 Å². The van der Waals surface area contributed by atoms with Gasteiger partial charge in [-0.25, -0.2) is 4.98 Å². The molecule has 0 amide bonds. The van der Waals surface area contributed by atoms with Crippen molar-refractivity contribution in [2.45, 2.75) is 18.9 Å². The van der Waals surface area contributed by atoms with Crippen LogP contribution in [0.1, 0.15) is 12.8 Å². The van der Waals surface area contributed by atoms with Crippen molar-refractivity contribution in [2.24, 2.45) is 0 Å². The number of fused-ring (bicyclic) bond motifs is 1. The maximum absolute atomic E-state index is 5.57. The molecule has 0 atom stereocenters. The van der Waals surface area contributed by atoms with E-state index in [2.05, 4.69) is 20.6 Å². The molecule has 1 aliphatic rings. The second kappa shape index (κ2) is 7.06. The van der Waals surface area contributed by atoms with Gasteiger partial charge in [-0.2, -0.15) is 4.98 Å². The van der Waals surface area contributed by atoms with Crippen LogP contribution in [0, 0.1) is 0 Å². The van der Waals surface area contributed by atoms with Crippen LogP contribution in [-0.4, -0.2) is 29.1 Å². The largest absolute Gasteiger partial charge is 0.422 e. The number of pyridine rings is 1. The Morgan fingerprint density at radius 2 is 2.06 bits per heavy atom. The van der Waals surface area contributed by atoms with Crippen molar-refractivity contribution in [1.82, 2.24) is 15.3 Å². The highest BCUT2D eigenvalue weighted by atomic mass is 79.9. The molecule has 0 aliphatic carbocycles. The predicted molar refractivity (Wildman–Crippen MR) is 82.0 cm³/mol. The average Bonchev–Trinajstić information content (AvgIpc) is 2.72. The van der Waals surface area contributed by atoms with E-state index in [4.69, 9.17) is 4.42 Å². The van der Waals surface area contributed by atoms with Crippen molar-refractivity contribution in [3.05, 3.63) is 18.3 Å². The summed E-state index contributed by atoms with van der Waals surface area (Å²) in [7, 11) is 0. The maximum Gasteiger partial charge on any atom is 0.297 e. The third kappa shape index (κ3) is 3.43. The van der Waals surface area contributed by atoms with Gasteiger partial charge >= 0.3 is 0 Å². The third-order valence-corrected chi connectivity index (χ3v) is 2.83. The molecule has 0 radical (unpaired) electrons. The Morgan fingerprint density at radius 1 is 1.28 bits per heavy atom. The summed E-state index contributed by atoms with van der Waals surface area (Å²) in [5, 5.41) is 6.64. The van der Waals surface area contributed by atoms with Crippen molar-refractivity contribution in [2.75, 3.05) is 18.4 Å². The fourth-order valence-electron chi connectivity index (χ4n) is 1.97. The first kappa shape index (κ1) is 15.4. The van der Waals surface area contributed by atoms with Crippen LogP contribution in [-0.2, 0) is 0 Å². The lowest BCUT2D eigenvalue weighted by Gasteiger charge is -2.22. The lowest BCUT2D eigenvalue weighted by atomic mass is 10.1. The first-order valence-corrected chi connectivity index (χ1v) is 5.60. The van der Waals surface area contributed by atoms with Crippen LogP contribution < -0.4 is 10.6 Å². The van der Waals surface area contributed by atoms with Crippen LogP contribution in [0.3, 0.4) is 0 Å². The molecule has 0 unspecified atom stereocenters. The van der Waals surface area contributed by atoms with Gasteiger partial charge in [0.05, 0.1) is 0 Å². The van der Waals surface area contributed by atoms with Crippen LogP contribution in [0.5, 0.6) is 0 Å². The predicted octanol–water partition coefficient (Wildman–Crippen LogP) is 2.54. The Labute approximate surface area is 126 Å². The summed E-state index contributed by atoms with van der Waals surface area (Å²) < 4.78 is 5.57. The summed E-state index contributed by atoms with van der Waals surface area (Å²) >= 11 is 0. The highest BCUT2D eigenvalue weighted by Gasteiger charge is 2.15. The quantitative estimate of drug-likeness (QED) is 0.839. The number of halogens is 2. The molecule has 18 heavy (non-hydrogen) atoms. The zero-order valence-electron chi connectivity index (χ0n) is 9.76. The van der Waals surface area contributed by atoms with Crippen LogP contribution in [0.25, 0.3) is 11.2 Å². The molecule has 2 aromatic rings. The van der Waals surface area contributed by atoms with Crippen LogP contribution in [0.4, 0.5) is 6.01 Å². The van der Waals surface area contributed by atoms with E-state index < -0.39 is 0 Å². The second-order valence-electron chi connectivity index (χ2n) is 4.01. The molecule has 0 spiro atoms. The van der Waals surface area contributed by atoms with Crippen molar-refractivity contribution < 1.29 is 4.42 Å². The SMILES string of the molecule is Br.Br.c1cnc2nc(NC3CCNCC3)oc2c1. The standard InChI is InChI=1S/C11H14N4O.2BrH/c1-2-9-10(13-5-1)15-11(16-9)14-8-3-6-12-7-4-8;;/h1-2,5,8,12H,3-4,6-7H2,(H,13,14,15);2*1H. The Kier molecular flexibility index (Phi) is 6.04. The molecule has 2 N–H and O–H groups in total. The summed E-state index contributed by atoms with van der Waals surface area (Å²) in [5.41, 5.74) is 1.40. The minimum Gasteiger partial charge on any atom is -0.422 e. The first-order chi connectivity index (χ1) is 7.92. The molecule has 1 aliphatic heterocycles. The van der Waals surface area contributed by atoms with Crippen LogP contribution in [0.2, 0.25) is 0 Å². The lowest BCUT2D eigenvalue weighted by Crippen LogP contribution is -2.35. The van der Waals surface area contributed by atoms with Crippen molar-refractivity contribution >= 4 is 51.2 Å². The van der Waals surface area contributed by atoms with Gasteiger partial charge in [-0.05, 0) is 38.1 Å². The highest BCUT2D eigenvalue weighted by Crippen LogP contribution is 2.18. The third-order valence-electron chi connectivity index (χ3n) is 2.83. The van der Waals surface area contributed by atoms with E-state index in [0.29, 0.717) is 17.7 Å². The number of nitrogens with one attached hydrogen (secondary N) is 2. The molecule has 0 aromatic carbocycles. The van der Waals surface area contributed by atoms with Crippen LogP contribution >= 0.6 is 34.0 Å². The van der Waals surface area contributed by atoms with E-state index in [0.717, 1.165) is 31.5 Å². The topological polar surface area (TPSA) is 63.0 Å². The number of hydrogen-bond acceptors (Lipinski definition) is 5. The Morgan fingerprint density at radius 3 is 2.78 bits per heavy atom. The number of anilines is 1. The number of rotatable bonds is 2. The molecule has 3 rings (SSSR count). The molecular weight excluding hydrogens is 364 g/mol. The number of oxazole rings is 1. The summed E-state index contributed by atoms with van der Waals surface area (Å²) in [4.78, 5) is 8.44. The van der Waals surface area contributed by atoms with Gasteiger partial charge in [-0.1, -0.05) is 0 Å². The van der Waals surface area contributed by atoms with Gasteiger partial charge in [0, 0.05) is 12.2 Å². The summed E-state index contributed by atoms with van der Waals surface area (Å²) in [6.07, 6.45) is 3.93. The number of piperidine rings is 1. The Balaban J connectivity index is 0.000000810. The first-order valence-electron chi connectivity index (χ1n) is 5.60. The van der Waals surface area contributed by atoms with Gasteiger partial charge in [-0.3, -0.25) is 0 Å². The average molecular weight is 380 g/mol. The van der Waals surface area contributed by atoms with E-state index in [1.807, 2.05) is 12.1 Å². The van der Waals surface area contributed by atoms with E-state index in [9.17, 15) is 0 Å². The smallest absolute Gasteiger partial charge is 0.297 e. The van der Waals surface area contributed by atoms with Gasteiger partial charge in [0.2, 0.25) is 5.65 Å². The van der Waals surface area contributed by atoms with Gasteiger partial charge in [0.25, 0.3) is 6.01 Å². The zero-order chi connectivity index (χ0) is 10.8. The molecule has 0 saturated carbocycles. The highest BCUT2D eigenvalue weighted by molar-refractivity contribution is 8.93. The van der Waals surface area contributed by atoms with Crippen molar-refractivity contribution in [3.63, 3.8) is 0 Å². The molecule has 3 heterocycles. The van der Waals surface area contributed by atoms with Gasteiger partial charge in [-0.15, -0.1) is 34.0 Å². The summed E-state index contributed by atoms with van der Waals surface area (Å²) in [5.74, 6) is 0. The number of aromatic nitrogens is 2. The number of nitrogens with zero attached hydrogens (tertiary/aromatic N) is 2. The fourth-order valence-corrected chi connectivity index (χ4v) is 1.97. The Bertz CT molecular complexity index is 452.